The molecule has 0 N–H and O–H groups in total. The lowest BCUT2D eigenvalue weighted by Crippen LogP contribution is -2.10. The van der Waals surface area contributed by atoms with Crippen molar-refractivity contribution in [3.05, 3.63) is 229 Å². The van der Waals surface area contributed by atoms with E-state index >= 15 is 17.6 Å². The minimum absolute atomic E-state index is 0.0138. The molecule has 0 atom stereocenters. The number of hydrogen-bond donors (Lipinski definition) is 0. The summed E-state index contributed by atoms with van der Waals surface area (Å²) in [5.41, 5.74) is 7.22. The summed E-state index contributed by atoms with van der Waals surface area (Å²) >= 11 is 0. The van der Waals surface area contributed by atoms with E-state index in [4.69, 9.17) is 9.97 Å². The Hall–Kier alpha value is -9.20. The highest BCUT2D eigenvalue weighted by molar-refractivity contribution is 6.13. The van der Waals surface area contributed by atoms with Crippen molar-refractivity contribution in [2.24, 2.45) is 0 Å². The number of rotatable bonds is 7. The zero-order valence-corrected chi connectivity index (χ0v) is 36.1. The van der Waals surface area contributed by atoms with Gasteiger partial charge in [0.05, 0.1) is 73.4 Å². The van der Waals surface area contributed by atoms with Gasteiger partial charge in [-0.1, -0.05) is 121 Å². The molecule has 0 saturated heterocycles. The summed E-state index contributed by atoms with van der Waals surface area (Å²) in [5.74, 6) is -10.5. The summed E-state index contributed by atoms with van der Waals surface area (Å²) in [4.78, 5) is 9.96. The van der Waals surface area contributed by atoms with Crippen LogP contribution in [-0.4, -0.2) is 19.1 Å². The van der Waals surface area contributed by atoms with Crippen LogP contribution in [0.5, 0.6) is 0 Å². The summed E-state index contributed by atoms with van der Waals surface area (Å²) in [7, 11) is 0. The van der Waals surface area contributed by atoms with E-state index in [0.717, 1.165) is 55.2 Å². The normalized spacial score (nSPS) is 11.5. The number of para-hydroxylation sites is 2. The van der Waals surface area contributed by atoms with Crippen LogP contribution in [0.2, 0.25) is 0 Å². The minimum Gasteiger partial charge on any atom is -0.308 e. The fourth-order valence-electron chi connectivity index (χ4n) is 9.62. The third-order valence-electron chi connectivity index (χ3n) is 12.7. The highest BCUT2D eigenvalue weighted by Gasteiger charge is 2.32. The molecular weight excluding hydrogens is 874 g/mol. The van der Waals surface area contributed by atoms with Gasteiger partial charge >= 0.3 is 0 Å². The van der Waals surface area contributed by atoms with Gasteiger partial charge in [-0.05, 0) is 72.8 Å². The maximum Gasteiger partial charge on any atom is 0.200 e. The van der Waals surface area contributed by atoms with Gasteiger partial charge in [0.2, 0.25) is 5.82 Å². The van der Waals surface area contributed by atoms with Gasteiger partial charge in [-0.2, -0.15) is 5.26 Å². The van der Waals surface area contributed by atoms with Crippen LogP contribution in [0.3, 0.4) is 0 Å². The molecule has 0 fully saturated rings. The average Bonchev–Trinajstić information content (AvgIpc) is 3.92. The molecule has 0 unspecified atom stereocenters. The Morgan fingerprint density at radius 2 is 0.710 bits per heavy atom. The Balaban J connectivity index is 1.15. The smallest absolute Gasteiger partial charge is 0.200 e. The lowest BCUT2D eigenvalue weighted by atomic mass is 9.96. The number of aromatic nitrogens is 4. The minimum atomic E-state index is -2.28. The molecule has 0 bridgehead atoms. The van der Waals surface area contributed by atoms with Crippen LogP contribution in [0.1, 0.15) is 5.56 Å². The summed E-state index contributed by atoms with van der Waals surface area (Å²) < 4.78 is 83.2. The molecule has 0 aliphatic rings. The second-order valence-electron chi connectivity index (χ2n) is 16.7. The topological polar surface area (TPSA) is 59.4 Å². The van der Waals surface area contributed by atoms with Crippen LogP contribution < -0.4 is 0 Å². The van der Waals surface area contributed by atoms with Crippen molar-refractivity contribution in [2.45, 2.75) is 0 Å². The second-order valence-corrected chi connectivity index (χ2v) is 16.7. The molecule has 0 saturated carbocycles. The molecule has 0 radical (unpaired) electrons. The van der Waals surface area contributed by atoms with Crippen LogP contribution in [0.4, 0.5) is 22.0 Å². The van der Waals surface area contributed by atoms with Crippen molar-refractivity contribution in [2.75, 3.05) is 0 Å². The van der Waals surface area contributed by atoms with E-state index in [-0.39, 0.29) is 22.5 Å². The Bertz CT molecular complexity index is 3850. The first-order valence-corrected chi connectivity index (χ1v) is 22.0. The fraction of sp³-hybridized carbons (Fsp3) is 0. The highest BCUT2D eigenvalue weighted by atomic mass is 19.2. The third kappa shape index (κ3) is 6.66. The molecule has 0 spiro atoms. The Kier molecular flexibility index (Phi) is 9.74. The summed E-state index contributed by atoms with van der Waals surface area (Å²) in [6, 6.07) is 62.3. The number of halogens is 5. The molecule has 10 heteroatoms. The van der Waals surface area contributed by atoms with Crippen molar-refractivity contribution >= 4 is 43.6 Å². The van der Waals surface area contributed by atoms with E-state index in [1.54, 1.807) is 21.3 Å². The van der Waals surface area contributed by atoms with Gasteiger partial charge < -0.3 is 9.13 Å². The lowest BCUT2D eigenvalue weighted by Gasteiger charge is -2.22. The number of pyridine rings is 2. The Labute approximate surface area is 390 Å². The van der Waals surface area contributed by atoms with Crippen LogP contribution in [0.15, 0.2) is 194 Å². The maximum atomic E-state index is 16.7. The quantitative estimate of drug-likeness (QED) is 0.0909. The zero-order valence-electron chi connectivity index (χ0n) is 36.1. The standard InChI is InChI=1S/C59H32F5N5/c60-55-54(56(61)58(63)59(64)57(55)62)53-51(68-47-23-9-7-17-39(47)41-31-37(25-27-49(41)68)45-21-11-19-43(66-45)35-13-3-1-4-14-35)29-34(33-65)30-52(53)69-48-24-10-8-18-40(48)42-32-38(26-28-50(42)69)46-22-12-20-44(67-46)36-15-5-2-6-16-36/h1-32H. The van der Waals surface area contributed by atoms with Gasteiger partial charge in [0, 0.05) is 49.4 Å². The molecule has 8 aromatic carbocycles. The van der Waals surface area contributed by atoms with Crippen LogP contribution in [-0.2, 0) is 0 Å². The SMILES string of the molecule is N#Cc1cc(-n2c3ccccc3c3cc(-c4cccc(-c5ccccc5)n4)ccc32)c(-c2c(F)c(F)c(F)c(F)c2F)c(-n2c3ccccc3c3cc(-c4cccc(-c5ccccc5)n4)ccc32)c1. The number of nitrogens with zero attached hydrogens (tertiary/aromatic N) is 5. The predicted molar refractivity (Wildman–Crippen MR) is 262 cm³/mol. The van der Waals surface area contributed by atoms with E-state index in [1.165, 1.54) is 12.1 Å². The number of benzene rings is 8. The van der Waals surface area contributed by atoms with Gasteiger partial charge in [-0.25, -0.2) is 31.9 Å². The lowest BCUT2D eigenvalue weighted by molar-refractivity contribution is 0.381. The van der Waals surface area contributed by atoms with E-state index in [1.807, 2.05) is 170 Å². The van der Waals surface area contributed by atoms with Crippen molar-refractivity contribution in [1.82, 2.24) is 19.1 Å². The maximum absolute atomic E-state index is 16.7. The first kappa shape index (κ1) is 41.2. The molecule has 0 amide bonds. The molecule has 328 valence electrons. The van der Waals surface area contributed by atoms with Gasteiger partial charge in [-0.3, -0.25) is 0 Å². The summed E-state index contributed by atoms with van der Waals surface area (Å²) in [5, 5.41) is 13.7. The molecule has 69 heavy (non-hydrogen) atoms. The number of hydrogen-bond acceptors (Lipinski definition) is 3. The van der Waals surface area contributed by atoms with Gasteiger partial charge in [-0.15, -0.1) is 0 Å². The Morgan fingerprint density at radius 3 is 1.14 bits per heavy atom. The van der Waals surface area contributed by atoms with Crippen molar-refractivity contribution in [3.8, 4) is 73.6 Å². The van der Waals surface area contributed by atoms with E-state index in [2.05, 4.69) is 6.07 Å². The van der Waals surface area contributed by atoms with Crippen LogP contribution >= 0.6 is 0 Å². The molecular formula is C59H32F5N5. The monoisotopic (exact) mass is 905 g/mol. The van der Waals surface area contributed by atoms with E-state index < -0.39 is 34.6 Å². The first-order chi connectivity index (χ1) is 33.8. The molecule has 12 aromatic rings. The molecule has 5 nitrogen and oxygen atoms in total. The average molecular weight is 906 g/mol. The second kappa shape index (κ2) is 16.3. The molecule has 0 aliphatic carbocycles. The molecule has 4 aromatic heterocycles. The predicted octanol–water partition coefficient (Wildman–Crippen LogP) is 15.6. The van der Waals surface area contributed by atoms with Gasteiger partial charge in [0.1, 0.15) is 0 Å². The van der Waals surface area contributed by atoms with Crippen LogP contribution in [0.25, 0.3) is 111 Å². The highest BCUT2D eigenvalue weighted by Crippen LogP contribution is 2.46. The van der Waals surface area contributed by atoms with Crippen molar-refractivity contribution < 1.29 is 22.0 Å². The molecule has 12 rings (SSSR count). The summed E-state index contributed by atoms with van der Waals surface area (Å²) in [6.07, 6.45) is 0. The summed E-state index contributed by atoms with van der Waals surface area (Å²) in [6.45, 7) is 0. The van der Waals surface area contributed by atoms with Gasteiger partial charge in [0.25, 0.3) is 0 Å². The number of nitriles is 1. The van der Waals surface area contributed by atoms with E-state index in [9.17, 15) is 9.65 Å². The molecule has 4 heterocycles. The van der Waals surface area contributed by atoms with E-state index in [0.29, 0.717) is 33.5 Å². The number of fused-ring (bicyclic) bond motifs is 6. The molecule has 0 aliphatic heterocycles. The fourth-order valence-corrected chi connectivity index (χ4v) is 9.62. The van der Waals surface area contributed by atoms with Crippen molar-refractivity contribution in [3.63, 3.8) is 0 Å². The van der Waals surface area contributed by atoms with Crippen molar-refractivity contribution in [1.29, 1.82) is 5.26 Å². The Morgan fingerprint density at radius 1 is 0.333 bits per heavy atom. The third-order valence-corrected chi connectivity index (χ3v) is 12.7. The van der Waals surface area contributed by atoms with Gasteiger partial charge in [0.15, 0.2) is 23.3 Å². The van der Waals surface area contributed by atoms with Crippen LogP contribution in [0, 0.1) is 40.4 Å². The largest absolute Gasteiger partial charge is 0.308 e. The first-order valence-electron chi connectivity index (χ1n) is 22.0. The zero-order chi connectivity index (χ0) is 46.9.